The van der Waals surface area contributed by atoms with Crippen molar-refractivity contribution in [3.05, 3.63) is 35.9 Å². The van der Waals surface area contributed by atoms with Crippen LogP contribution >= 0.6 is 0 Å². The number of carbonyl (C=O) groups excluding carboxylic acids is 1. The molecule has 1 N–H and O–H groups in total. The van der Waals surface area contributed by atoms with Crippen LogP contribution in [-0.4, -0.2) is 17.0 Å². The van der Waals surface area contributed by atoms with E-state index in [0.717, 1.165) is 19.3 Å². The van der Waals surface area contributed by atoms with Gasteiger partial charge in [0.1, 0.15) is 5.78 Å². The van der Waals surface area contributed by atoms with E-state index in [1.165, 1.54) is 5.56 Å². The molecule has 1 aliphatic carbocycles. The summed E-state index contributed by atoms with van der Waals surface area (Å²) in [5.74, 6) is 0.157. The van der Waals surface area contributed by atoms with E-state index >= 15 is 0 Å². The van der Waals surface area contributed by atoms with Gasteiger partial charge < -0.3 is 5.11 Å². The lowest BCUT2D eigenvalue weighted by molar-refractivity contribution is -0.123. The number of ketones is 1. The third-order valence-corrected chi connectivity index (χ3v) is 3.39. The van der Waals surface area contributed by atoms with E-state index < -0.39 is 6.10 Å². The first-order chi connectivity index (χ1) is 7.77. The SMILES string of the molecule is O=C1CCC[C@@H]1[C@H](O)CCc1ccccc1. The molecule has 0 unspecified atom stereocenters. The predicted octanol–water partition coefficient (Wildman–Crippen LogP) is 2.35. The highest BCUT2D eigenvalue weighted by Gasteiger charge is 2.30. The third-order valence-electron chi connectivity index (χ3n) is 3.39. The van der Waals surface area contributed by atoms with Crippen LogP contribution in [0.2, 0.25) is 0 Å². The first-order valence-corrected chi connectivity index (χ1v) is 6.02. The smallest absolute Gasteiger partial charge is 0.138 e. The van der Waals surface area contributed by atoms with Crippen LogP contribution in [0.25, 0.3) is 0 Å². The van der Waals surface area contributed by atoms with Crippen LogP contribution in [0.15, 0.2) is 30.3 Å². The fraction of sp³-hybridized carbons (Fsp3) is 0.500. The second-order valence-corrected chi connectivity index (χ2v) is 4.56. The summed E-state index contributed by atoms with van der Waals surface area (Å²) in [4.78, 5) is 11.5. The Balaban J connectivity index is 1.84. The summed E-state index contributed by atoms with van der Waals surface area (Å²) in [7, 11) is 0. The fourth-order valence-electron chi connectivity index (χ4n) is 2.41. The molecule has 2 atom stereocenters. The average molecular weight is 218 g/mol. The van der Waals surface area contributed by atoms with Crippen LogP contribution in [0.5, 0.6) is 0 Å². The molecule has 0 radical (unpaired) electrons. The highest BCUT2D eigenvalue weighted by molar-refractivity contribution is 5.83. The van der Waals surface area contributed by atoms with Crippen molar-refractivity contribution < 1.29 is 9.90 Å². The third kappa shape index (κ3) is 2.70. The number of aliphatic hydroxyl groups is 1. The molecule has 2 nitrogen and oxygen atoms in total. The Labute approximate surface area is 96.3 Å². The van der Waals surface area contributed by atoms with E-state index in [4.69, 9.17) is 0 Å². The molecular weight excluding hydrogens is 200 g/mol. The molecule has 0 aliphatic heterocycles. The van der Waals surface area contributed by atoms with Gasteiger partial charge in [0.05, 0.1) is 6.10 Å². The van der Waals surface area contributed by atoms with Crippen LogP contribution in [0.3, 0.4) is 0 Å². The van der Waals surface area contributed by atoms with Crippen molar-refractivity contribution in [2.75, 3.05) is 0 Å². The van der Waals surface area contributed by atoms with Crippen LogP contribution in [0.1, 0.15) is 31.2 Å². The van der Waals surface area contributed by atoms with E-state index in [9.17, 15) is 9.90 Å². The predicted molar refractivity (Wildman–Crippen MR) is 63.1 cm³/mol. The standard InChI is InChI=1S/C14H18O2/c15-13-8-4-7-12(13)14(16)10-9-11-5-2-1-3-6-11/h1-3,5-6,12,14,16H,4,7-10H2/t12-,14+/m0/s1. The first-order valence-electron chi connectivity index (χ1n) is 6.02. The molecule has 0 amide bonds. The minimum absolute atomic E-state index is 0.0938. The van der Waals surface area contributed by atoms with Crippen molar-refractivity contribution in [2.24, 2.45) is 5.92 Å². The molecule has 2 heteroatoms. The maximum atomic E-state index is 11.5. The van der Waals surface area contributed by atoms with Gasteiger partial charge in [-0.15, -0.1) is 0 Å². The Kier molecular flexibility index (Phi) is 3.73. The molecule has 1 fully saturated rings. The number of aryl methyl sites for hydroxylation is 1. The van der Waals surface area contributed by atoms with E-state index in [1.807, 2.05) is 18.2 Å². The van der Waals surface area contributed by atoms with Gasteiger partial charge in [0, 0.05) is 12.3 Å². The van der Waals surface area contributed by atoms with Crippen molar-refractivity contribution >= 4 is 5.78 Å². The summed E-state index contributed by atoms with van der Waals surface area (Å²) in [6, 6.07) is 10.1. The van der Waals surface area contributed by atoms with Gasteiger partial charge in [-0.1, -0.05) is 30.3 Å². The van der Waals surface area contributed by atoms with Gasteiger partial charge in [-0.3, -0.25) is 4.79 Å². The average Bonchev–Trinajstić information content (AvgIpc) is 2.74. The monoisotopic (exact) mass is 218 g/mol. The number of Topliss-reactive ketones (excluding diaryl/α,β-unsaturated/α-hetero) is 1. The van der Waals surface area contributed by atoms with Crippen LogP contribution in [0.4, 0.5) is 0 Å². The number of hydrogen-bond acceptors (Lipinski definition) is 2. The Bertz CT molecular complexity index is 345. The van der Waals surface area contributed by atoms with Crippen LogP contribution in [-0.2, 0) is 11.2 Å². The quantitative estimate of drug-likeness (QED) is 0.842. The normalized spacial score (nSPS) is 22.3. The Hall–Kier alpha value is -1.15. The highest BCUT2D eigenvalue weighted by Crippen LogP contribution is 2.26. The summed E-state index contributed by atoms with van der Waals surface area (Å²) in [6.45, 7) is 0. The lowest BCUT2D eigenvalue weighted by Gasteiger charge is -2.16. The van der Waals surface area contributed by atoms with Gasteiger partial charge in [0.25, 0.3) is 0 Å². The molecule has 0 spiro atoms. The molecule has 16 heavy (non-hydrogen) atoms. The van der Waals surface area contributed by atoms with E-state index in [0.29, 0.717) is 12.8 Å². The number of benzene rings is 1. The van der Waals surface area contributed by atoms with E-state index in [1.54, 1.807) is 0 Å². The molecule has 1 aliphatic rings. The maximum absolute atomic E-state index is 11.5. The second kappa shape index (κ2) is 5.26. The first kappa shape index (κ1) is 11.3. The van der Waals surface area contributed by atoms with E-state index in [2.05, 4.69) is 12.1 Å². The van der Waals surface area contributed by atoms with Crippen LogP contribution in [0, 0.1) is 5.92 Å². The topological polar surface area (TPSA) is 37.3 Å². The van der Waals surface area contributed by atoms with Crippen molar-refractivity contribution in [3.63, 3.8) is 0 Å². The van der Waals surface area contributed by atoms with Crippen molar-refractivity contribution in [3.8, 4) is 0 Å². The number of hydrogen-bond donors (Lipinski definition) is 1. The summed E-state index contributed by atoms with van der Waals surface area (Å²) in [5.41, 5.74) is 1.23. The number of aliphatic hydroxyl groups excluding tert-OH is 1. The molecule has 0 bridgehead atoms. The number of carbonyl (C=O) groups is 1. The number of rotatable bonds is 4. The zero-order valence-corrected chi connectivity index (χ0v) is 9.43. The Morgan fingerprint density at radius 3 is 2.69 bits per heavy atom. The van der Waals surface area contributed by atoms with Gasteiger partial charge in [-0.2, -0.15) is 0 Å². The molecule has 2 rings (SSSR count). The maximum Gasteiger partial charge on any atom is 0.138 e. The van der Waals surface area contributed by atoms with Gasteiger partial charge >= 0.3 is 0 Å². The molecular formula is C14H18O2. The summed E-state index contributed by atoms with van der Waals surface area (Å²) in [6.07, 6.45) is 3.58. The zero-order chi connectivity index (χ0) is 11.4. The van der Waals surface area contributed by atoms with Gasteiger partial charge in [0.15, 0.2) is 0 Å². The Morgan fingerprint density at radius 1 is 1.31 bits per heavy atom. The molecule has 0 saturated heterocycles. The van der Waals surface area contributed by atoms with Crippen molar-refractivity contribution in [2.45, 2.75) is 38.2 Å². The Morgan fingerprint density at radius 2 is 2.06 bits per heavy atom. The van der Waals surface area contributed by atoms with Gasteiger partial charge in [-0.25, -0.2) is 0 Å². The lowest BCUT2D eigenvalue weighted by atomic mass is 9.94. The van der Waals surface area contributed by atoms with Gasteiger partial charge in [0.2, 0.25) is 0 Å². The molecule has 1 saturated carbocycles. The van der Waals surface area contributed by atoms with E-state index in [-0.39, 0.29) is 11.7 Å². The molecule has 1 aromatic carbocycles. The molecule has 0 aromatic heterocycles. The fourth-order valence-corrected chi connectivity index (χ4v) is 2.41. The highest BCUT2D eigenvalue weighted by atomic mass is 16.3. The van der Waals surface area contributed by atoms with Crippen molar-refractivity contribution in [1.82, 2.24) is 0 Å². The lowest BCUT2D eigenvalue weighted by Crippen LogP contribution is -2.24. The summed E-state index contributed by atoms with van der Waals surface area (Å²) >= 11 is 0. The van der Waals surface area contributed by atoms with Gasteiger partial charge in [-0.05, 0) is 31.2 Å². The largest absolute Gasteiger partial charge is 0.392 e. The van der Waals surface area contributed by atoms with Crippen molar-refractivity contribution in [1.29, 1.82) is 0 Å². The molecule has 86 valence electrons. The zero-order valence-electron chi connectivity index (χ0n) is 9.43. The summed E-state index contributed by atoms with van der Waals surface area (Å²) < 4.78 is 0. The molecule has 0 heterocycles. The minimum atomic E-state index is -0.449. The second-order valence-electron chi connectivity index (χ2n) is 4.56. The summed E-state index contributed by atoms with van der Waals surface area (Å²) in [5, 5.41) is 9.96. The minimum Gasteiger partial charge on any atom is -0.392 e. The van der Waals surface area contributed by atoms with Crippen LogP contribution < -0.4 is 0 Å². The molecule has 1 aromatic rings.